The molecule has 0 aliphatic carbocycles. The van der Waals surface area contributed by atoms with Gasteiger partial charge < -0.3 is 15.2 Å². The molecule has 0 aromatic heterocycles. The lowest BCUT2D eigenvalue weighted by Crippen LogP contribution is -2.22. The van der Waals surface area contributed by atoms with E-state index in [1.54, 1.807) is 54.6 Å². The first-order chi connectivity index (χ1) is 12.9. The van der Waals surface area contributed by atoms with Crippen LogP contribution in [0, 0.1) is 0 Å². The highest BCUT2D eigenvalue weighted by Crippen LogP contribution is 2.28. The number of nitrogens with one attached hydrogen (secondary N) is 1. The molecule has 0 unspecified atom stereocenters. The molecule has 1 heterocycles. The van der Waals surface area contributed by atoms with Crippen molar-refractivity contribution in [2.45, 2.75) is 13.0 Å². The number of aliphatic imine (C=N–C) groups is 1. The molecule has 0 bridgehead atoms. The van der Waals surface area contributed by atoms with E-state index in [4.69, 9.17) is 21.4 Å². The fourth-order valence-corrected chi connectivity index (χ4v) is 3.13. The van der Waals surface area contributed by atoms with Gasteiger partial charge in [-0.1, -0.05) is 23.7 Å². The van der Waals surface area contributed by atoms with Crippen LogP contribution >= 0.6 is 23.4 Å². The van der Waals surface area contributed by atoms with E-state index in [1.807, 2.05) is 0 Å². The Morgan fingerprint density at radius 1 is 1.22 bits per heavy atom. The van der Waals surface area contributed by atoms with Crippen LogP contribution < -0.4 is 10.1 Å². The van der Waals surface area contributed by atoms with Crippen LogP contribution in [0.2, 0.25) is 5.02 Å². The van der Waals surface area contributed by atoms with Crippen LogP contribution in [0.5, 0.6) is 5.75 Å². The lowest BCUT2D eigenvalue weighted by molar-refractivity contribution is -0.144. The topological polar surface area (TPSA) is 88.0 Å². The summed E-state index contributed by atoms with van der Waals surface area (Å²) in [5.41, 5.74) is 1.48. The van der Waals surface area contributed by atoms with Gasteiger partial charge in [0.25, 0.3) is 5.91 Å². The lowest BCUT2D eigenvalue weighted by Gasteiger charge is -2.10. The zero-order valence-corrected chi connectivity index (χ0v) is 15.8. The number of carbonyl (C=O) groups is 2. The SMILES string of the molecule is C[C@H](Oc1ccc(/C=C2\SC(=Nc3ccc(Cl)cc3)NC2=O)cc1)C(=O)O. The third-order valence-electron chi connectivity index (χ3n) is 3.55. The van der Waals surface area contributed by atoms with Gasteiger partial charge in [-0.25, -0.2) is 9.79 Å². The van der Waals surface area contributed by atoms with Crippen LogP contribution in [0.3, 0.4) is 0 Å². The number of hydrogen-bond acceptors (Lipinski definition) is 5. The summed E-state index contributed by atoms with van der Waals surface area (Å²) in [5.74, 6) is -0.819. The average molecular weight is 403 g/mol. The molecule has 2 aromatic rings. The third-order valence-corrected chi connectivity index (χ3v) is 4.71. The van der Waals surface area contributed by atoms with Gasteiger partial charge in [0, 0.05) is 5.02 Å². The lowest BCUT2D eigenvalue weighted by atomic mass is 10.2. The van der Waals surface area contributed by atoms with E-state index in [2.05, 4.69) is 10.3 Å². The molecule has 2 aromatic carbocycles. The summed E-state index contributed by atoms with van der Waals surface area (Å²) < 4.78 is 5.28. The zero-order valence-electron chi connectivity index (χ0n) is 14.2. The first-order valence-corrected chi connectivity index (χ1v) is 9.15. The van der Waals surface area contributed by atoms with Crippen molar-refractivity contribution < 1.29 is 19.4 Å². The van der Waals surface area contributed by atoms with E-state index in [0.29, 0.717) is 26.5 Å². The van der Waals surface area contributed by atoms with E-state index in [1.165, 1.54) is 18.7 Å². The monoisotopic (exact) mass is 402 g/mol. The zero-order chi connectivity index (χ0) is 19.4. The maximum Gasteiger partial charge on any atom is 0.344 e. The molecule has 6 nitrogen and oxygen atoms in total. The molecule has 1 atom stereocenters. The number of aliphatic carboxylic acids is 1. The molecule has 3 rings (SSSR count). The van der Waals surface area contributed by atoms with Gasteiger partial charge in [-0.15, -0.1) is 0 Å². The molecule has 138 valence electrons. The molecule has 0 saturated carbocycles. The summed E-state index contributed by atoms with van der Waals surface area (Å²) in [7, 11) is 0. The summed E-state index contributed by atoms with van der Waals surface area (Å²) in [5, 5.41) is 12.7. The maximum atomic E-state index is 12.1. The van der Waals surface area contributed by atoms with Crippen LogP contribution in [-0.2, 0) is 9.59 Å². The van der Waals surface area contributed by atoms with Gasteiger partial charge in [-0.2, -0.15) is 0 Å². The van der Waals surface area contributed by atoms with Crippen molar-refractivity contribution in [1.82, 2.24) is 5.32 Å². The number of nitrogens with zero attached hydrogens (tertiary/aromatic N) is 1. The van der Waals surface area contributed by atoms with Crippen molar-refractivity contribution in [2.24, 2.45) is 4.99 Å². The minimum atomic E-state index is -1.03. The molecule has 1 aliphatic rings. The van der Waals surface area contributed by atoms with Crippen LogP contribution in [-0.4, -0.2) is 28.3 Å². The minimum absolute atomic E-state index is 0.229. The number of benzene rings is 2. The second kappa shape index (κ2) is 8.28. The smallest absolute Gasteiger partial charge is 0.344 e. The number of ether oxygens (including phenoxy) is 1. The Morgan fingerprint density at radius 2 is 1.89 bits per heavy atom. The standard InChI is InChI=1S/C19H15ClN2O4S/c1-11(18(24)25)26-15-8-2-12(3-9-15)10-16-17(23)22-19(27-16)21-14-6-4-13(20)5-7-14/h2-11H,1H3,(H,24,25)(H,21,22,23)/b16-10-/t11-/m0/s1. The Kier molecular flexibility index (Phi) is 5.83. The third kappa shape index (κ3) is 5.12. The quantitative estimate of drug-likeness (QED) is 0.735. The maximum absolute atomic E-state index is 12.1. The van der Waals surface area contributed by atoms with Gasteiger partial charge in [-0.05, 0) is 66.7 Å². The Labute approximate surface area is 164 Å². The van der Waals surface area contributed by atoms with E-state index >= 15 is 0 Å². The van der Waals surface area contributed by atoms with E-state index in [0.717, 1.165) is 5.56 Å². The summed E-state index contributed by atoms with van der Waals surface area (Å²) >= 11 is 7.09. The van der Waals surface area contributed by atoms with Gasteiger partial charge in [0.2, 0.25) is 0 Å². The molecule has 1 aliphatic heterocycles. The molecular formula is C19H15ClN2O4S. The van der Waals surface area contributed by atoms with Crippen LogP contribution in [0.15, 0.2) is 58.4 Å². The summed E-state index contributed by atoms with van der Waals surface area (Å²) in [6.07, 6.45) is 0.798. The van der Waals surface area contributed by atoms with E-state index < -0.39 is 12.1 Å². The highest BCUT2D eigenvalue weighted by Gasteiger charge is 2.23. The molecular weight excluding hydrogens is 388 g/mol. The number of amides is 1. The fourth-order valence-electron chi connectivity index (χ4n) is 2.16. The van der Waals surface area contributed by atoms with Gasteiger partial charge in [0.05, 0.1) is 10.6 Å². The summed E-state index contributed by atoms with van der Waals surface area (Å²) in [4.78, 5) is 27.8. The van der Waals surface area contributed by atoms with Gasteiger partial charge in [0.1, 0.15) is 5.75 Å². The number of hydrogen-bond donors (Lipinski definition) is 2. The number of carboxylic acids is 1. The molecule has 0 radical (unpaired) electrons. The molecule has 0 spiro atoms. The second-order valence-corrected chi connectivity index (χ2v) is 7.09. The first-order valence-electron chi connectivity index (χ1n) is 7.95. The van der Waals surface area contributed by atoms with Crippen molar-refractivity contribution >= 4 is 52.2 Å². The van der Waals surface area contributed by atoms with E-state index in [-0.39, 0.29) is 5.91 Å². The first kappa shape index (κ1) is 19.0. The fraction of sp³-hybridized carbons (Fsp3) is 0.105. The van der Waals surface area contributed by atoms with Crippen molar-refractivity contribution in [3.8, 4) is 5.75 Å². The predicted octanol–water partition coefficient (Wildman–Crippen LogP) is 4.08. The summed E-state index contributed by atoms with van der Waals surface area (Å²) in [6.45, 7) is 1.46. The molecule has 8 heteroatoms. The number of carboxylic acid groups (broad SMARTS) is 1. The Hall–Kier alpha value is -2.77. The molecule has 1 fully saturated rings. The predicted molar refractivity (Wildman–Crippen MR) is 106 cm³/mol. The van der Waals surface area contributed by atoms with Crippen LogP contribution in [0.4, 0.5) is 5.69 Å². The molecule has 1 amide bonds. The minimum Gasteiger partial charge on any atom is -0.479 e. The van der Waals surface area contributed by atoms with Crippen molar-refractivity contribution in [1.29, 1.82) is 0 Å². The largest absolute Gasteiger partial charge is 0.479 e. The number of carbonyl (C=O) groups excluding carboxylic acids is 1. The number of halogens is 1. The highest BCUT2D eigenvalue weighted by molar-refractivity contribution is 8.18. The normalized spacial score (nSPS) is 17.8. The van der Waals surface area contributed by atoms with E-state index in [9.17, 15) is 9.59 Å². The summed E-state index contributed by atoms with van der Waals surface area (Å²) in [6, 6.07) is 13.8. The number of thioether (sulfide) groups is 1. The molecule has 2 N–H and O–H groups in total. The Balaban J connectivity index is 1.70. The molecule has 27 heavy (non-hydrogen) atoms. The van der Waals surface area contributed by atoms with Gasteiger partial charge >= 0.3 is 5.97 Å². The van der Waals surface area contributed by atoms with Crippen molar-refractivity contribution in [2.75, 3.05) is 0 Å². The van der Waals surface area contributed by atoms with Gasteiger partial charge in [0.15, 0.2) is 11.3 Å². The second-order valence-electron chi connectivity index (χ2n) is 5.63. The Morgan fingerprint density at radius 3 is 2.52 bits per heavy atom. The highest BCUT2D eigenvalue weighted by atomic mass is 35.5. The Bertz CT molecular complexity index is 924. The molecule has 1 saturated heterocycles. The van der Waals surface area contributed by atoms with Crippen molar-refractivity contribution in [3.05, 3.63) is 64.0 Å². The van der Waals surface area contributed by atoms with Crippen LogP contribution in [0.25, 0.3) is 6.08 Å². The average Bonchev–Trinajstić information content (AvgIpc) is 2.97. The van der Waals surface area contributed by atoms with Crippen LogP contribution in [0.1, 0.15) is 12.5 Å². The number of rotatable bonds is 5. The number of amidine groups is 1. The van der Waals surface area contributed by atoms with Crippen molar-refractivity contribution in [3.63, 3.8) is 0 Å². The van der Waals surface area contributed by atoms with Gasteiger partial charge in [-0.3, -0.25) is 4.79 Å².